The number of rotatable bonds is 5. The second-order valence-electron chi connectivity index (χ2n) is 5.81. The molecule has 5 nitrogen and oxygen atoms in total. The third-order valence-corrected chi connectivity index (χ3v) is 4.09. The van der Waals surface area contributed by atoms with Crippen LogP contribution in [-0.2, 0) is 11.3 Å². The van der Waals surface area contributed by atoms with Gasteiger partial charge in [0.1, 0.15) is 6.61 Å². The SMILES string of the molecule is CC[C@H]1CN(C(=O)c2ccc(OCc3ccccc3)nc2)CCO1. The fraction of sp³-hybridized carbons (Fsp3) is 0.368. The minimum Gasteiger partial charge on any atom is -0.473 e. The van der Waals surface area contributed by atoms with Gasteiger partial charge >= 0.3 is 0 Å². The smallest absolute Gasteiger partial charge is 0.255 e. The Bertz CT molecular complexity index is 658. The van der Waals surface area contributed by atoms with Crippen LogP contribution in [0.4, 0.5) is 0 Å². The van der Waals surface area contributed by atoms with E-state index in [0.717, 1.165) is 12.0 Å². The molecular weight excluding hydrogens is 304 g/mol. The van der Waals surface area contributed by atoms with Crippen molar-refractivity contribution in [3.05, 3.63) is 59.8 Å². The summed E-state index contributed by atoms with van der Waals surface area (Å²) in [4.78, 5) is 18.6. The van der Waals surface area contributed by atoms with Crippen LogP contribution in [0, 0.1) is 0 Å². The lowest BCUT2D eigenvalue weighted by Crippen LogP contribution is -2.45. The molecule has 1 saturated heterocycles. The van der Waals surface area contributed by atoms with Gasteiger partial charge in [-0.2, -0.15) is 0 Å². The number of carbonyl (C=O) groups excluding carboxylic acids is 1. The molecule has 0 radical (unpaired) electrons. The van der Waals surface area contributed by atoms with Crippen molar-refractivity contribution in [3.8, 4) is 5.88 Å². The van der Waals surface area contributed by atoms with Gasteiger partial charge in [0.2, 0.25) is 5.88 Å². The van der Waals surface area contributed by atoms with E-state index in [4.69, 9.17) is 9.47 Å². The van der Waals surface area contributed by atoms with E-state index in [1.165, 1.54) is 0 Å². The van der Waals surface area contributed by atoms with Crippen molar-refractivity contribution in [1.29, 1.82) is 0 Å². The molecule has 1 fully saturated rings. The summed E-state index contributed by atoms with van der Waals surface area (Å²) in [5.41, 5.74) is 1.66. The number of hydrogen-bond donors (Lipinski definition) is 0. The standard InChI is InChI=1S/C19H22N2O3/c1-2-17-13-21(10-11-23-17)19(22)16-8-9-18(20-12-16)24-14-15-6-4-3-5-7-15/h3-9,12,17H,2,10-11,13-14H2,1H3/t17-/m0/s1. The highest BCUT2D eigenvalue weighted by molar-refractivity contribution is 5.94. The van der Waals surface area contributed by atoms with Crippen LogP contribution in [0.5, 0.6) is 5.88 Å². The first-order valence-electron chi connectivity index (χ1n) is 8.30. The minimum atomic E-state index is -0.00106. The van der Waals surface area contributed by atoms with Crippen LogP contribution in [0.1, 0.15) is 29.3 Å². The van der Waals surface area contributed by atoms with Gasteiger partial charge in [-0.3, -0.25) is 4.79 Å². The van der Waals surface area contributed by atoms with E-state index in [9.17, 15) is 4.79 Å². The Balaban J connectivity index is 1.58. The molecule has 1 amide bonds. The van der Waals surface area contributed by atoms with Crippen LogP contribution in [0.15, 0.2) is 48.7 Å². The third kappa shape index (κ3) is 4.11. The number of hydrogen-bond acceptors (Lipinski definition) is 4. The van der Waals surface area contributed by atoms with Crippen molar-refractivity contribution < 1.29 is 14.3 Å². The molecule has 2 heterocycles. The number of nitrogens with zero attached hydrogens (tertiary/aromatic N) is 2. The molecule has 3 rings (SSSR count). The summed E-state index contributed by atoms with van der Waals surface area (Å²) in [5.74, 6) is 0.516. The maximum atomic E-state index is 12.5. The predicted molar refractivity (Wildman–Crippen MR) is 90.9 cm³/mol. The van der Waals surface area contributed by atoms with E-state index in [1.54, 1.807) is 18.3 Å². The predicted octanol–water partition coefficient (Wildman–Crippen LogP) is 2.91. The molecule has 0 bridgehead atoms. The van der Waals surface area contributed by atoms with Crippen LogP contribution in [-0.4, -0.2) is 41.6 Å². The van der Waals surface area contributed by atoms with E-state index in [0.29, 0.717) is 37.7 Å². The normalized spacial score (nSPS) is 17.5. The van der Waals surface area contributed by atoms with Crippen LogP contribution in [0.2, 0.25) is 0 Å². The van der Waals surface area contributed by atoms with Gasteiger partial charge in [-0.15, -0.1) is 0 Å². The maximum absolute atomic E-state index is 12.5. The number of pyridine rings is 1. The van der Waals surface area contributed by atoms with Gasteiger partial charge in [-0.05, 0) is 18.1 Å². The van der Waals surface area contributed by atoms with Crippen LogP contribution in [0.25, 0.3) is 0 Å². The lowest BCUT2D eigenvalue weighted by molar-refractivity contribution is -0.0226. The number of aromatic nitrogens is 1. The fourth-order valence-electron chi connectivity index (χ4n) is 2.66. The van der Waals surface area contributed by atoms with Crippen molar-refractivity contribution in [2.45, 2.75) is 26.1 Å². The molecule has 126 valence electrons. The summed E-state index contributed by atoms with van der Waals surface area (Å²) in [7, 11) is 0. The molecule has 1 aromatic carbocycles. The Kier molecular flexibility index (Phi) is 5.43. The summed E-state index contributed by atoms with van der Waals surface area (Å²) in [6.45, 7) is 4.39. The summed E-state index contributed by atoms with van der Waals surface area (Å²) < 4.78 is 11.3. The molecule has 0 saturated carbocycles. The summed E-state index contributed by atoms with van der Waals surface area (Å²) in [5, 5.41) is 0. The molecule has 0 unspecified atom stereocenters. The Morgan fingerprint density at radius 1 is 1.29 bits per heavy atom. The van der Waals surface area contributed by atoms with Crippen molar-refractivity contribution in [3.63, 3.8) is 0 Å². The van der Waals surface area contributed by atoms with E-state index in [1.807, 2.05) is 35.2 Å². The van der Waals surface area contributed by atoms with Crippen LogP contribution < -0.4 is 4.74 Å². The zero-order valence-electron chi connectivity index (χ0n) is 13.9. The van der Waals surface area contributed by atoms with Gasteiger partial charge in [0.15, 0.2) is 0 Å². The summed E-state index contributed by atoms with van der Waals surface area (Å²) in [6, 6.07) is 13.4. The topological polar surface area (TPSA) is 51.7 Å². The lowest BCUT2D eigenvalue weighted by atomic mass is 10.2. The Labute approximate surface area is 142 Å². The Morgan fingerprint density at radius 3 is 2.83 bits per heavy atom. The second kappa shape index (κ2) is 7.93. The zero-order chi connectivity index (χ0) is 16.8. The Morgan fingerprint density at radius 2 is 2.12 bits per heavy atom. The fourth-order valence-corrected chi connectivity index (χ4v) is 2.66. The van der Waals surface area contributed by atoms with Crippen LogP contribution >= 0.6 is 0 Å². The quantitative estimate of drug-likeness (QED) is 0.848. The molecule has 0 spiro atoms. The van der Waals surface area contributed by atoms with Gasteiger partial charge in [0, 0.05) is 25.4 Å². The molecule has 1 atom stereocenters. The summed E-state index contributed by atoms with van der Waals surface area (Å²) in [6.07, 6.45) is 2.62. The molecule has 1 aromatic heterocycles. The van der Waals surface area contributed by atoms with Crippen molar-refractivity contribution in [2.24, 2.45) is 0 Å². The van der Waals surface area contributed by atoms with Crippen LogP contribution in [0.3, 0.4) is 0 Å². The third-order valence-electron chi connectivity index (χ3n) is 4.09. The molecule has 1 aliphatic rings. The van der Waals surface area contributed by atoms with E-state index >= 15 is 0 Å². The Hall–Kier alpha value is -2.40. The van der Waals surface area contributed by atoms with Crippen molar-refractivity contribution in [1.82, 2.24) is 9.88 Å². The van der Waals surface area contributed by atoms with Crippen molar-refractivity contribution in [2.75, 3.05) is 19.7 Å². The molecule has 24 heavy (non-hydrogen) atoms. The van der Waals surface area contributed by atoms with Crippen molar-refractivity contribution >= 4 is 5.91 Å². The van der Waals surface area contributed by atoms with E-state index in [-0.39, 0.29) is 12.0 Å². The van der Waals surface area contributed by atoms with Gasteiger partial charge in [-0.25, -0.2) is 4.98 Å². The first kappa shape index (κ1) is 16.5. The van der Waals surface area contributed by atoms with Gasteiger partial charge < -0.3 is 14.4 Å². The zero-order valence-corrected chi connectivity index (χ0v) is 13.9. The molecule has 0 N–H and O–H groups in total. The monoisotopic (exact) mass is 326 g/mol. The average Bonchev–Trinajstić information content (AvgIpc) is 2.67. The molecular formula is C19H22N2O3. The number of carbonyl (C=O) groups is 1. The minimum absolute atomic E-state index is 0.00106. The maximum Gasteiger partial charge on any atom is 0.255 e. The molecule has 1 aliphatic heterocycles. The van der Waals surface area contributed by atoms with Gasteiger partial charge in [0.05, 0.1) is 18.3 Å². The number of benzene rings is 1. The average molecular weight is 326 g/mol. The summed E-state index contributed by atoms with van der Waals surface area (Å²) >= 11 is 0. The highest BCUT2D eigenvalue weighted by Gasteiger charge is 2.24. The number of ether oxygens (including phenoxy) is 2. The molecule has 0 aliphatic carbocycles. The van der Waals surface area contributed by atoms with E-state index in [2.05, 4.69) is 11.9 Å². The number of amides is 1. The van der Waals surface area contributed by atoms with Gasteiger partial charge in [0.25, 0.3) is 5.91 Å². The van der Waals surface area contributed by atoms with Gasteiger partial charge in [-0.1, -0.05) is 37.3 Å². The highest BCUT2D eigenvalue weighted by atomic mass is 16.5. The number of morpholine rings is 1. The first-order valence-corrected chi connectivity index (χ1v) is 8.30. The van der Waals surface area contributed by atoms with E-state index < -0.39 is 0 Å². The first-order chi connectivity index (χ1) is 11.8. The molecule has 2 aromatic rings. The lowest BCUT2D eigenvalue weighted by Gasteiger charge is -2.32. The largest absolute Gasteiger partial charge is 0.473 e. The highest BCUT2D eigenvalue weighted by Crippen LogP contribution is 2.15. The second-order valence-corrected chi connectivity index (χ2v) is 5.81. The molecule has 5 heteroatoms.